The van der Waals surface area contributed by atoms with Gasteiger partial charge in [-0.15, -0.1) is 0 Å². The van der Waals surface area contributed by atoms with Crippen molar-refractivity contribution in [2.24, 2.45) is 23.7 Å². The summed E-state index contributed by atoms with van der Waals surface area (Å²) in [5, 5.41) is 8.39. The van der Waals surface area contributed by atoms with E-state index in [4.69, 9.17) is 16.3 Å². The topological polar surface area (TPSA) is 262 Å². The van der Waals surface area contributed by atoms with Crippen LogP contribution in [0.5, 0.6) is 0 Å². The van der Waals surface area contributed by atoms with Gasteiger partial charge in [0.1, 0.15) is 41.8 Å². The molecule has 8 rings (SSSR count). The van der Waals surface area contributed by atoms with E-state index in [1.807, 2.05) is 13.8 Å². The molecule has 0 radical (unpaired) electrons. The Hall–Kier alpha value is -6.61. The number of likely N-dealkylation sites (N-methyl/N-ethyl adjacent to an activating group) is 7. The number of halogens is 4. The predicted octanol–water partition coefficient (Wildman–Crippen LogP) is 7.01. The maximum atomic E-state index is 15.9. The van der Waals surface area contributed by atoms with E-state index in [2.05, 4.69) is 20.9 Å². The molecule has 0 bridgehead atoms. The van der Waals surface area contributed by atoms with Crippen LogP contribution in [0.2, 0.25) is 5.02 Å². The lowest BCUT2D eigenvalue weighted by Crippen LogP contribution is -2.65. The molecule has 8 atom stereocenters. The first-order valence-electron chi connectivity index (χ1n) is 38.1. The van der Waals surface area contributed by atoms with Gasteiger partial charge in [0.2, 0.25) is 65.0 Å². The molecule has 0 aromatic heterocycles. The number of piperidine rings is 1. The summed E-state index contributed by atoms with van der Waals surface area (Å²) in [6.45, 7) is 3.97. The zero-order valence-corrected chi connectivity index (χ0v) is 63.2. The number of nitrogens with zero attached hydrogens (tertiary/aromatic N) is 9. The molecule has 11 amide bonds. The summed E-state index contributed by atoms with van der Waals surface area (Å²) in [4.78, 5) is 178. The highest BCUT2D eigenvalue weighted by atomic mass is 35.5. The molecule has 3 heterocycles. The first kappa shape index (κ1) is 82.1. The van der Waals surface area contributed by atoms with Crippen LogP contribution in [-0.4, -0.2) is 259 Å². The summed E-state index contributed by atoms with van der Waals surface area (Å²) in [5.74, 6) is -7.43. The number of ether oxygens (including phenoxy) is 1. The van der Waals surface area contributed by atoms with Crippen LogP contribution in [0, 0.1) is 23.7 Å². The number of aryl methyl sites for hydroxylation is 1. The number of benzene rings is 1. The second kappa shape index (κ2) is 37.6. The molecular weight excluding hydrogens is 1350 g/mol. The van der Waals surface area contributed by atoms with Crippen LogP contribution < -0.4 is 16.0 Å². The van der Waals surface area contributed by atoms with Crippen molar-refractivity contribution in [3.05, 3.63) is 34.3 Å². The monoisotopic (exact) mass is 1470 g/mol. The zero-order chi connectivity index (χ0) is 75.0. The average Bonchev–Trinajstić information content (AvgIpc) is 1.75. The van der Waals surface area contributed by atoms with E-state index >= 15 is 28.8 Å². The van der Waals surface area contributed by atoms with Crippen LogP contribution in [0.4, 0.5) is 13.2 Å². The lowest BCUT2D eigenvalue weighted by atomic mass is 9.81. The molecule has 1 aromatic carbocycles. The van der Waals surface area contributed by atoms with E-state index < -0.39 is 155 Å². The van der Waals surface area contributed by atoms with Gasteiger partial charge < -0.3 is 59.9 Å². The van der Waals surface area contributed by atoms with Gasteiger partial charge in [-0.3, -0.25) is 57.6 Å². The number of carbonyl (C=O) groups is 11. The molecule has 576 valence electrons. The molecule has 28 heteroatoms. The minimum Gasteiger partial charge on any atom is -0.364 e. The van der Waals surface area contributed by atoms with Crippen LogP contribution in [0.1, 0.15) is 198 Å². The summed E-state index contributed by atoms with van der Waals surface area (Å²) in [6, 6.07) is -4.58. The number of nitrogens with one attached hydrogen (secondary N) is 3. The fourth-order valence-corrected chi connectivity index (χ4v) is 17.3. The van der Waals surface area contributed by atoms with Crippen molar-refractivity contribution in [2.75, 3.05) is 102 Å². The van der Waals surface area contributed by atoms with E-state index in [1.165, 1.54) is 63.7 Å². The van der Waals surface area contributed by atoms with Gasteiger partial charge in [0.25, 0.3) is 0 Å². The maximum absolute atomic E-state index is 15.9. The number of carbonyl (C=O) groups excluding carboxylic acids is 11. The molecule has 4 saturated carbocycles. The molecule has 1 spiro atoms. The van der Waals surface area contributed by atoms with E-state index in [9.17, 15) is 37.1 Å². The smallest absolute Gasteiger partial charge is 0.364 e. The van der Waals surface area contributed by atoms with Gasteiger partial charge in [0, 0.05) is 75.4 Å². The van der Waals surface area contributed by atoms with E-state index in [0.29, 0.717) is 56.9 Å². The average molecular weight is 1470 g/mol. The van der Waals surface area contributed by atoms with E-state index in [-0.39, 0.29) is 82.6 Å². The first-order chi connectivity index (χ1) is 48.9. The fraction of sp³-hybridized carbons (Fsp3) is 0.773. The Labute approximate surface area is 612 Å². The summed E-state index contributed by atoms with van der Waals surface area (Å²) in [6.07, 6.45) is 11.6. The van der Waals surface area contributed by atoms with Gasteiger partial charge in [0.05, 0.1) is 49.6 Å². The Bertz CT molecular complexity index is 3130. The van der Waals surface area contributed by atoms with Gasteiger partial charge in [-0.05, 0) is 125 Å². The Morgan fingerprint density at radius 2 is 1.18 bits per heavy atom. The van der Waals surface area contributed by atoms with Crippen LogP contribution in [0.15, 0.2) is 18.2 Å². The first-order valence-corrected chi connectivity index (χ1v) is 38.5. The second-order valence-electron chi connectivity index (χ2n) is 30.9. The molecule has 1 aromatic rings. The highest BCUT2D eigenvalue weighted by Gasteiger charge is 2.51. The Kier molecular flexibility index (Phi) is 29.9. The summed E-state index contributed by atoms with van der Waals surface area (Å²) in [7, 11) is 10.5. The second-order valence-corrected chi connectivity index (χ2v) is 31.4. The van der Waals surface area contributed by atoms with Gasteiger partial charge in [0.15, 0.2) is 0 Å². The quantitative estimate of drug-likeness (QED) is 0.180. The number of likely N-dealkylation sites (tertiary alicyclic amines) is 1. The summed E-state index contributed by atoms with van der Waals surface area (Å²) >= 11 is 6.18. The van der Waals surface area contributed by atoms with Crippen molar-refractivity contribution < 1.29 is 70.6 Å². The molecule has 7 aliphatic rings. The molecule has 3 N–H and O–H groups in total. The number of amides is 11. The zero-order valence-electron chi connectivity index (χ0n) is 62.5. The Morgan fingerprint density at radius 3 is 1.81 bits per heavy atom. The Balaban J connectivity index is 1.16. The lowest BCUT2D eigenvalue weighted by molar-refractivity contribution is -0.155. The third kappa shape index (κ3) is 21.1. The van der Waals surface area contributed by atoms with Crippen molar-refractivity contribution in [2.45, 2.75) is 248 Å². The van der Waals surface area contributed by atoms with Crippen molar-refractivity contribution in [3.8, 4) is 0 Å². The largest absolute Gasteiger partial charge is 0.417 e. The number of alkyl halides is 3. The highest BCUT2D eigenvalue weighted by molar-refractivity contribution is 6.31. The van der Waals surface area contributed by atoms with E-state index in [0.717, 1.165) is 118 Å². The van der Waals surface area contributed by atoms with Crippen LogP contribution in [0.25, 0.3) is 0 Å². The molecule has 3 saturated heterocycles. The highest BCUT2D eigenvalue weighted by Crippen LogP contribution is 2.39. The van der Waals surface area contributed by atoms with Crippen LogP contribution >= 0.6 is 11.6 Å². The predicted molar refractivity (Wildman–Crippen MR) is 382 cm³/mol. The van der Waals surface area contributed by atoms with Gasteiger partial charge in [-0.2, -0.15) is 13.2 Å². The van der Waals surface area contributed by atoms with Crippen LogP contribution in [0.3, 0.4) is 0 Å². The van der Waals surface area contributed by atoms with Gasteiger partial charge >= 0.3 is 6.18 Å². The standard InChI is InChI=1S/C75H116ClF3N12O12/c1-10-49(2)64-71(100)85(5)45-62(94)83(3)46-63(95)87(7)59(42-50-25-14-11-15-26-50)70(99)84(4)44-60(92)80-57(35-33-51-32-34-55(56(76)41-51)75(77,78)79)69(98)91-40-24-31-58(91)67(96)82-74(36-20-21-37-74)73(102)89(9)66(53-27-16-12-17-28-53)72(101)86(6)54(47-103-48-90-38-22-13-23-39-90)43-61(93)88(8)65(68(97)81-64)52-29-18-19-30-52/h32,34,41,49-50,52-54,57-59,64-66H,10-31,33,35-40,42-48H2,1-9H3,(H,80,92)(H,81,97)(H,82,96)/t49-,54-,57-,58-,59-,64-,65-,66-/m0/s1. The summed E-state index contributed by atoms with van der Waals surface area (Å²) < 4.78 is 48.2. The fourth-order valence-electron chi connectivity index (χ4n) is 17.0. The SMILES string of the molecule is CC[C@H](C)[C@@H]1NC(=O)[C@H](C2CCCC2)N(C)C(=O)C[C@@H](COCN2CCCCC2)N(C)C(=O)[C@H](C2CCCCC2)N(C)C(=O)C2(CCCC2)NC(=O)[C@@H]2CCCN2C(=O)[C@H](CCc2ccc(C(F)(F)F)c(Cl)c2)NC(=O)CN(C)C(=O)[C@H](CC2CCCCC2)N(C)C(=O)CN(C)C(=O)CN(C)C1=O. The molecule has 24 nitrogen and oxygen atoms in total. The molecule has 3 aliphatic heterocycles. The Morgan fingerprint density at radius 1 is 0.592 bits per heavy atom. The number of fused-ring (bicyclic) bond motifs is 1. The normalized spacial score (nSPS) is 27.6. The number of hydrogen-bond acceptors (Lipinski definition) is 13. The minimum absolute atomic E-state index is 0.0310. The molecule has 0 unspecified atom stereocenters. The maximum Gasteiger partial charge on any atom is 0.417 e. The van der Waals surface area contributed by atoms with Crippen molar-refractivity contribution in [3.63, 3.8) is 0 Å². The molecular formula is C75H116ClF3N12O12. The third-order valence-corrected chi connectivity index (χ3v) is 23.9. The number of rotatable bonds is 13. The summed E-state index contributed by atoms with van der Waals surface area (Å²) in [5.41, 5.74) is -2.26. The van der Waals surface area contributed by atoms with Crippen molar-refractivity contribution >= 4 is 76.6 Å². The van der Waals surface area contributed by atoms with E-state index in [1.54, 1.807) is 21.1 Å². The van der Waals surface area contributed by atoms with Gasteiger partial charge in [-0.25, -0.2) is 0 Å². The molecule has 7 fully saturated rings. The van der Waals surface area contributed by atoms with Crippen LogP contribution in [-0.2, 0) is 70.1 Å². The number of hydrogen-bond donors (Lipinski definition) is 3. The minimum atomic E-state index is -4.75. The van der Waals surface area contributed by atoms with Crippen molar-refractivity contribution in [1.29, 1.82) is 0 Å². The molecule has 103 heavy (non-hydrogen) atoms. The lowest BCUT2D eigenvalue weighted by Gasteiger charge is -2.43. The van der Waals surface area contributed by atoms with Gasteiger partial charge in [-0.1, -0.05) is 121 Å². The van der Waals surface area contributed by atoms with Crippen molar-refractivity contribution in [1.82, 2.24) is 60.0 Å². The third-order valence-electron chi connectivity index (χ3n) is 23.6. The molecule has 4 aliphatic carbocycles.